The Morgan fingerprint density at radius 2 is 2.20 bits per heavy atom. The minimum atomic E-state index is -0.512. The molecule has 0 bridgehead atoms. The average Bonchev–Trinajstić information content (AvgIpc) is 2.26. The summed E-state index contributed by atoms with van der Waals surface area (Å²) in [5, 5.41) is 18.4. The molecule has 0 radical (unpaired) electrons. The molecule has 3 nitrogen and oxygen atoms in total. The van der Waals surface area contributed by atoms with Crippen LogP contribution in [0.4, 0.5) is 5.69 Å². The highest BCUT2D eigenvalue weighted by Gasteiger charge is 2.11. The van der Waals surface area contributed by atoms with Crippen molar-refractivity contribution in [3.8, 4) is 6.07 Å². The van der Waals surface area contributed by atoms with Gasteiger partial charge < -0.3 is 10.0 Å². The van der Waals surface area contributed by atoms with Gasteiger partial charge in [-0.3, -0.25) is 0 Å². The molecule has 1 N–H and O–H groups in total. The molecule has 0 amide bonds. The zero-order valence-electron chi connectivity index (χ0n) is 9.36. The van der Waals surface area contributed by atoms with Crippen molar-refractivity contribution in [2.45, 2.75) is 20.0 Å². The van der Waals surface area contributed by atoms with E-state index in [-0.39, 0.29) is 0 Å². The predicted octanol–water partition coefficient (Wildman–Crippen LogP) is 2.07. The first-order valence-electron chi connectivity index (χ1n) is 5.03. The van der Waals surface area contributed by atoms with Crippen LogP contribution >= 0.6 is 0 Å². The number of aliphatic hydroxyl groups is 1. The second kappa shape index (κ2) is 4.81. The molecule has 0 aliphatic rings. The Balaban J connectivity index is 3.23. The van der Waals surface area contributed by atoms with E-state index in [2.05, 4.69) is 6.07 Å². The molecule has 0 aliphatic carbocycles. The fraction of sp³-hybridized carbons (Fsp3) is 0.417. The van der Waals surface area contributed by atoms with E-state index in [9.17, 15) is 5.11 Å². The van der Waals surface area contributed by atoms with E-state index in [0.717, 1.165) is 17.8 Å². The Kier molecular flexibility index (Phi) is 3.70. The van der Waals surface area contributed by atoms with Gasteiger partial charge in [0.1, 0.15) is 0 Å². The number of anilines is 1. The van der Waals surface area contributed by atoms with Crippen LogP contribution in [0.25, 0.3) is 0 Å². The second-order valence-electron chi connectivity index (χ2n) is 3.58. The van der Waals surface area contributed by atoms with E-state index in [1.807, 2.05) is 31.0 Å². The molecule has 1 rings (SSSR count). The van der Waals surface area contributed by atoms with E-state index in [1.165, 1.54) is 0 Å². The van der Waals surface area contributed by atoms with Gasteiger partial charge in [0.2, 0.25) is 0 Å². The normalized spacial score (nSPS) is 11.9. The third kappa shape index (κ3) is 2.48. The molecular formula is C12H16N2O. The molecule has 1 aromatic carbocycles. The highest BCUT2D eigenvalue weighted by atomic mass is 16.3. The number of hydrogen-bond acceptors (Lipinski definition) is 3. The molecular weight excluding hydrogens is 188 g/mol. The molecule has 0 spiro atoms. The van der Waals surface area contributed by atoms with Crippen molar-refractivity contribution in [3.05, 3.63) is 29.3 Å². The number of benzene rings is 1. The molecule has 80 valence electrons. The quantitative estimate of drug-likeness (QED) is 0.819. The lowest BCUT2D eigenvalue weighted by Crippen LogP contribution is -2.18. The molecule has 0 heterocycles. The summed E-state index contributed by atoms with van der Waals surface area (Å²) in [6, 6.07) is 7.46. The van der Waals surface area contributed by atoms with Gasteiger partial charge in [0.25, 0.3) is 0 Å². The first-order chi connectivity index (χ1) is 7.10. The van der Waals surface area contributed by atoms with Crippen LogP contribution in [-0.4, -0.2) is 18.7 Å². The highest BCUT2D eigenvalue weighted by molar-refractivity contribution is 5.57. The van der Waals surface area contributed by atoms with Gasteiger partial charge in [0.05, 0.1) is 17.7 Å². The van der Waals surface area contributed by atoms with Crippen LogP contribution in [0.2, 0.25) is 0 Å². The van der Waals surface area contributed by atoms with E-state index in [4.69, 9.17) is 5.26 Å². The lowest BCUT2D eigenvalue weighted by molar-refractivity contribution is 0.199. The molecule has 0 saturated heterocycles. The van der Waals surface area contributed by atoms with Crippen molar-refractivity contribution in [1.82, 2.24) is 0 Å². The number of nitriles is 1. The third-order valence-corrected chi connectivity index (χ3v) is 2.50. The van der Waals surface area contributed by atoms with Crippen LogP contribution < -0.4 is 4.90 Å². The monoisotopic (exact) mass is 204 g/mol. The SMILES string of the molecule is CCN(C)c1cc(C#N)ccc1C(C)O. The second-order valence-corrected chi connectivity index (χ2v) is 3.58. The predicted molar refractivity (Wildman–Crippen MR) is 60.7 cm³/mol. The van der Waals surface area contributed by atoms with Gasteiger partial charge >= 0.3 is 0 Å². The maximum absolute atomic E-state index is 9.60. The maximum atomic E-state index is 9.60. The Hall–Kier alpha value is -1.53. The Bertz CT molecular complexity index is 380. The van der Waals surface area contributed by atoms with Gasteiger partial charge in [-0.25, -0.2) is 0 Å². The number of aliphatic hydroxyl groups excluding tert-OH is 1. The fourth-order valence-corrected chi connectivity index (χ4v) is 1.47. The molecule has 0 fully saturated rings. The number of nitrogens with zero attached hydrogens (tertiary/aromatic N) is 2. The number of hydrogen-bond donors (Lipinski definition) is 1. The van der Waals surface area contributed by atoms with Crippen LogP contribution in [0.5, 0.6) is 0 Å². The van der Waals surface area contributed by atoms with E-state index in [1.54, 1.807) is 13.0 Å². The first kappa shape index (κ1) is 11.5. The smallest absolute Gasteiger partial charge is 0.0992 e. The van der Waals surface area contributed by atoms with Crippen molar-refractivity contribution >= 4 is 5.69 Å². The van der Waals surface area contributed by atoms with Crippen molar-refractivity contribution in [3.63, 3.8) is 0 Å². The van der Waals surface area contributed by atoms with E-state index < -0.39 is 6.10 Å². The van der Waals surface area contributed by atoms with Gasteiger partial charge in [0.15, 0.2) is 0 Å². The molecule has 1 atom stereocenters. The molecule has 0 aliphatic heterocycles. The average molecular weight is 204 g/mol. The summed E-state index contributed by atoms with van der Waals surface area (Å²) < 4.78 is 0. The first-order valence-corrected chi connectivity index (χ1v) is 5.03. The molecule has 0 saturated carbocycles. The van der Waals surface area contributed by atoms with Crippen molar-refractivity contribution in [2.24, 2.45) is 0 Å². The van der Waals surface area contributed by atoms with Gasteiger partial charge in [-0.1, -0.05) is 6.07 Å². The number of rotatable bonds is 3. The minimum Gasteiger partial charge on any atom is -0.389 e. The summed E-state index contributed by atoms with van der Waals surface area (Å²) >= 11 is 0. The summed E-state index contributed by atoms with van der Waals surface area (Å²) in [5.41, 5.74) is 2.40. The molecule has 0 aromatic heterocycles. The van der Waals surface area contributed by atoms with E-state index in [0.29, 0.717) is 5.56 Å². The topological polar surface area (TPSA) is 47.3 Å². The van der Waals surface area contributed by atoms with Crippen LogP contribution in [-0.2, 0) is 0 Å². The molecule has 15 heavy (non-hydrogen) atoms. The lowest BCUT2D eigenvalue weighted by Gasteiger charge is -2.22. The van der Waals surface area contributed by atoms with Crippen molar-refractivity contribution < 1.29 is 5.11 Å². The van der Waals surface area contributed by atoms with Gasteiger partial charge in [0, 0.05) is 24.8 Å². The largest absolute Gasteiger partial charge is 0.389 e. The highest BCUT2D eigenvalue weighted by Crippen LogP contribution is 2.26. The zero-order chi connectivity index (χ0) is 11.4. The summed E-state index contributed by atoms with van der Waals surface area (Å²) in [4.78, 5) is 2.02. The fourth-order valence-electron chi connectivity index (χ4n) is 1.47. The van der Waals surface area contributed by atoms with Crippen molar-refractivity contribution in [1.29, 1.82) is 5.26 Å². The van der Waals surface area contributed by atoms with Crippen LogP contribution in [0.1, 0.15) is 31.1 Å². The third-order valence-electron chi connectivity index (χ3n) is 2.50. The van der Waals surface area contributed by atoms with Crippen LogP contribution in [0.15, 0.2) is 18.2 Å². The van der Waals surface area contributed by atoms with Gasteiger partial charge in [-0.05, 0) is 26.0 Å². The van der Waals surface area contributed by atoms with Gasteiger partial charge in [-0.2, -0.15) is 5.26 Å². The van der Waals surface area contributed by atoms with E-state index >= 15 is 0 Å². The standard InChI is InChI=1S/C12H16N2O/c1-4-14(3)12-7-10(8-13)5-6-11(12)9(2)15/h5-7,9,15H,4H2,1-3H3. The Morgan fingerprint density at radius 1 is 1.53 bits per heavy atom. The summed E-state index contributed by atoms with van der Waals surface area (Å²) in [6.45, 7) is 4.61. The maximum Gasteiger partial charge on any atom is 0.0992 e. The Morgan fingerprint density at radius 3 is 2.67 bits per heavy atom. The summed E-state index contributed by atoms with van der Waals surface area (Å²) in [6.07, 6.45) is -0.512. The van der Waals surface area contributed by atoms with Crippen LogP contribution in [0.3, 0.4) is 0 Å². The summed E-state index contributed by atoms with van der Waals surface area (Å²) in [5.74, 6) is 0. The molecule has 1 aromatic rings. The minimum absolute atomic E-state index is 0.512. The lowest BCUT2D eigenvalue weighted by atomic mass is 10.0. The van der Waals surface area contributed by atoms with Gasteiger partial charge in [-0.15, -0.1) is 0 Å². The molecule has 3 heteroatoms. The zero-order valence-corrected chi connectivity index (χ0v) is 9.36. The van der Waals surface area contributed by atoms with Crippen molar-refractivity contribution in [2.75, 3.05) is 18.5 Å². The Labute approximate surface area is 90.6 Å². The summed E-state index contributed by atoms with van der Waals surface area (Å²) in [7, 11) is 1.95. The molecule has 1 unspecified atom stereocenters. The van der Waals surface area contributed by atoms with Crippen LogP contribution in [0, 0.1) is 11.3 Å².